The lowest BCUT2D eigenvalue weighted by Gasteiger charge is -2.14. The zero-order valence-corrected chi connectivity index (χ0v) is 11.5. The average molecular weight is 251 g/mol. The van der Waals surface area contributed by atoms with Crippen LogP contribution in [-0.4, -0.2) is 14.8 Å². The summed E-state index contributed by atoms with van der Waals surface area (Å²) in [4.78, 5) is 4.47. The molecule has 0 bridgehead atoms. The highest BCUT2D eigenvalue weighted by atomic mass is 15.3. The van der Waals surface area contributed by atoms with Crippen molar-refractivity contribution >= 4 is 10.8 Å². The molecule has 0 radical (unpaired) electrons. The van der Waals surface area contributed by atoms with Gasteiger partial charge in [0.15, 0.2) is 5.82 Å². The van der Waals surface area contributed by atoms with E-state index < -0.39 is 0 Å². The van der Waals surface area contributed by atoms with Gasteiger partial charge in [-0.25, -0.2) is 9.67 Å². The molecule has 0 saturated heterocycles. The van der Waals surface area contributed by atoms with Crippen LogP contribution in [-0.2, 0) is 5.41 Å². The van der Waals surface area contributed by atoms with E-state index in [0.717, 1.165) is 16.9 Å². The van der Waals surface area contributed by atoms with Gasteiger partial charge in [-0.15, -0.1) is 0 Å². The summed E-state index contributed by atoms with van der Waals surface area (Å²) in [6.45, 7) is 6.49. The Morgan fingerprint density at radius 3 is 2.53 bits per heavy atom. The van der Waals surface area contributed by atoms with Crippen LogP contribution in [0.25, 0.3) is 16.6 Å². The number of pyridine rings is 1. The lowest BCUT2D eigenvalue weighted by Crippen LogP contribution is -2.12. The third kappa shape index (κ3) is 2.12. The molecule has 96 valence electrons. The minimum atomic E-state index is 0.0514. The topological polar surface area (TPSA) is 30.7 Å². The Balaban J connectivity index is 2.17. The molecular weight excluding hydrogens is 234 g/mol. The molecule has 0 fully saturated rings. The lowest BCUT2D eigenvalue weighted by molar-refractivity contribution is 0.559. The molecule has 0 aliphatic heterocycles. The summed E-state index contributed by atoms with van der Waals surface area (Å²) in [5.41, 5.74) is 1.12. The summed E-state index contributed by atoms with van der Waals surface area (Å²) >= 11 is 0. The predicted molar refractivity (Wildman–Crippen MR) is 77.6 cm³/mol. The molecule has 0 spiro atoms. The zero-order valence-electron chi connectivity index (χ0n) is 11.5. The Hall–Kier alpha value is -2.16. The molecule has 3 aromatic rings. The Bertz CT molecular complexity index is 715. The quantitative estimate of drug-likeness (QED) is 0.660. The van der Waals surface area contributed by atoms with E-state index in [9.17, 15) is 0 Å². The maximum absolute atomic E-state index is 4.66. The van der Waals surface area contributed by atoms with Gasteiger partial charge >= 0.3 is 0 Å². The molecule has 3 heteroatoms. The van der Waals surface area contributed by atoms with Crippen molar-refractivity contribution in [3.63, 3.8) is 0 Å². The number of hydrogen-bond donors (Lipinski definition) is 0. The molecule has 2 aromatic heterocycles. The summed E-state index contributed by atoms with van der Waals surface area (Å²) in [5.74, 6) is 0.883. The van der Waals surface area contributed by atoms with Crippen LogP contribution >= 0.6 is 0 Å². The first-order valence-corrected chi connectivity index (χ1v) is 6.46. The summed E-state index contributed by atoms with van der Waals surface area (Å²) in [5, 5.41) is 6.96. The van der Waals surface area contributed by atoms with Crippen LogP contribution in [0.4, 0.5) is 0 Å². The highest BCUT2D eigenvalue weighted by molar-refractivity contribution is 5.88. The second-order valence-electron chi connectivity index (χ2n) is 5.75. The third-order valence-corrected chi connectivity index (χ3v) is 3.23. The second-order valence-corrected chi connectivity index (χ2v) is 5.75. The number of aromatic nitrogens is 3. The number of benzene rings is 1. The van der Waals surface area contributed by atoms with E-state index in [1.54, 1.807) is 0 Å². The van der Waals surface area contributed by atoms with Crippen LogP contribution in [0, 0.1) is 0 Å². The number of nitrogens with zero attached hydrogens (tertiary/aromatic N) is 3. The molecule has 0 aliphatic carbocycles. The maximum atomic E-state index is 4.66. The van der Waals surface area contributed by atoms with E-state index in [-0.39, 0.29) is 5.41 Å². The Labute approximate surface area is 112 Å². The molecule has 19 heavy (non-hydrogen) atoms. The molecule has 3 rings (SSSR count). The van der Waals surface area contributed by atoms with Crippen molar-refractivity contribution < 1.29 is 0 Å². The number of hydrogen-bond acceptors (Lipinski definition) is 2. The van der Waals surface area contributed by atoms with E-state index >= 15 is 0 Å². The monoisotopic (exact) mass is 251 g/mol. The summed E-state index contributed by atoms with van der Waals surface area (Å²) in [7, 11) is 0. The molecule has 3 nitrogen and oxygen atoms in total. The van der Waals surface area contributed by atoms with E-state index in [0.29, 0.717) is 0 Å². The summed E-state index contributed by atoms with van der Waals surface area (Å²) < 4.78 is 1.86. The lowest BCUT2D eigenvalue weighted by atomic mass is 9.93. The Kier molecular flexibility index (Phi) is 2.63. The maximum Gasteiger partial charge on any atom is 0.161 e. The highest BCUT2D eigenvalue weighted by Crippen LogP contribution is 2.23. The molecule has 0 atom stereocenters. The van der Waals surface area contributed by atoms with Gasteiger partial charge in [0.1, 0.15) is 0 Å². The van der Waals surface area contributed by atoms with Gasteiger partial charge in [0.25, 0.3) is 0 Å². The van der Waals surface area contributed by atoms with Crippen LogP contribution in [0.15, 0.2) is 48.8 Å². The average Bonchev–Trinajstić information content (AvgIpc) is 2.87. The van der Waals surface area contributed by atoms with E-state index in [4.69, 9.17) is 0 Å². The normalized spacial score (nSPS) is 11.9. The molecule has 0 aliphatic rings. The van der Waals surface area contributed by atoms with E-state index in [1.165, 1.54) is 5.39 Å². The highest BCUT2D eigenvalue weighted by Gasteiger charge is 2.17. The van der Waals surface area contributed by atoms with E-state index in [1.807, 2.05) is 35.3 Å². The third-order valence-electron chi connectivity index (χ3n) is 3.23. The minimum absolute atomic E-state index is 0.0514. The molecule has 0 amide bonds. The van der Waals surface area contributed by atoms with E-state index in [2.05, 4.69) is 49.1 Å². The van der Waals surface area contributed by atoms with Crippen molar-refractivity contribution in [3.05, 3.63) is 54.5 Å². The van der Waals surface area contributed by atoms with Crippen LogP contribution in [0.5, 0.6) is 0 Å². The van der Waals surface area contributed by atoms with Crippen LogP contribution < -0.4 is 0 Å². The molecule has 0 saturated carbocycles. The molecule has 0 N–H and O–H groups in total. The largest absolute Gasteiger partial charge is 0.237 e. The van der Waals surface area contributed by atoms with Gasteiger partial charge in [-0.05, 0) is 17.5 Å². The van der Waals surface area contributed by atoms with Gasteiger partial charge in [-0.1, -0.05) is 45.0 Å². The number of fused-ring (bicyclic) bond motifs is 1. The van der Waals surface area contributed by atoms with Gasteiger partial charge < -0.3 is 0 Å². The van der Waals surface area contributed by atoms with Gasteiger partial charge in [-0.2, -0.15) is 5.10 Å². The SMILES string of the molecule is CC(C)(C)c1ccn(-c2nccc3ccccc23)n1. The number of rotatable bonds is 1. The van der Waals surface area contributed by atoms with Crippen LogP contribution in [0.2, 0.25) is 0 Å². The zero-order chi connectivity index (χ0) is 13.5. The molecule has 1 aromatic carbocycles. The first-order valence-electron chi connectivity index (χ1n) is 6.46. The van der Waals surface area contributed by atoms with Crippen LogP contribution in [0.3, 0.4) is 0 Å². The predicted octanol–water partition coefficient (Wildman–Crippen LogP) is 3.72. The second kappa shape index (κ2) is 4.19. The Morgan fingerprint density at radius 2 is 1.79 bits per heavy atom. The van der Waals surface area contributed by atoms with Crippen molar-refractivity contribution in [2.45, 2.75) is 26.2 Å². The standard InChI is InChI=1S/C16H17N3/c1-16(2,3)14-9-11-19(18-14)15-13-7-5-4-6-12(13)8-10-17-15/h4-11H,1-3H3. The Morgan fingerprint density at radius 1 is 1.00 bits per heavy atom. The van der Waals surface area contributed by atoms with Crippen molar-refractivity contribution in [1.29, 1.82) is 0 Å². The van der Waals surface area contributed by atoms with Gasteiger partial charge in [0.2, 0.25) is 0 Å². The molecule has 2 heterocycles. The van der Waals surface area contributed by atoms with Gasteiger partial charge in [-0.3, -0.25) is 0 Å². The van der Waals surface area contributed by atoms with Crippen molar-refractivity contribution in [3.8, 4) is 5.82 Å². The van der Waals surface area contributed by atoms with Crippen LogP contribution in [0.1, 0.15) is 26.5 Å². The van der Waals surface area contributed by atoms with Crippen molar-refractivity contribution in [1.82, 2.24) is 14.8 Å². The fourth-order valence-corrected chi connectivity index (χ4v) is 2.13. The fourth-order valence-electron chi connectivity index (χ4n) is 2.13. The van der Waals surface area contributed by atoms with Crippen molar-refractivity contribution in [2.24, 2.45) is 0 Å². The van der Waals surface area contributed by atoms with Crippen molar-refractivity contribution in [2.75, 3.05) is 0 Å². The molecular formula is C16H17N3. The smallest absolute Gasteiger partial charge is 0.161 e. The first-order chi connectivity index (χ1) is 9.05. The fraction of sp³-hybridized carbons (Fsp3) is 0.250. The molecule has 0 unspecified atom stereocenters. The minimum Gasteiger partial charge on any atom is -0.237 e. The first kappa shape index (κ1) is 11.9. The summed E-state index contributed by atoms with van der Waals surface area (Å²) in [6, 6.07) is 12.3. The van der Waals surface area contributed by atoms with Gasteiger partial charge in [0.05, 0.1) is 5.69 Å². The summed E-state index contributed by atoms with van der Waals surface area (Å²) in [6.07, 6.45) is 3.81. The van der Waals surface area contributed by atoms with Gasteiger partial charge in [0, 0.05) is 23.2 Å².